The fourth-order valence-electron chi connectivity index (χ4n) is 1.38. The van der Waals surface area contributed by atoms with E-state index in [1.807, 2.05) is 13.0 Å². The van der Waals surface area contributed by atoms with Crippen molar-refractivity contribution in [3.63, 3.8) is 0 Å². The monoisotopic (exact) mass is 236 g/mol. The lowest BCUT2D eigenvalue weighted by atomic mass is 10.1. The van der Waals surface area contributed by atoms with Crippen molar-refractivity contribution in [2.75, 3.05) is 12.8 Å². The second-order valence-electron chi connectivity index (χ2n) is 3.81. The van der Waals surface area contributed by atoms with E-state index in [0.717, 1.165) is 5.56 Å². The first kappa shape index (κ1) is 13.0. The number of esters is 1. The summed E-state index contributed by atoms with van der Waals surface area (Å²) in [5.41, 5.74) is 7.37. The van der Waals surface area contributed by atoms with Gasteiger partial charge >= 0.3 is 5.97 Å². The average molecular weight is 236 g/mol. The van der Waals surface area contributed by atoms with Gasteiger partial charge in [-0.15, -0.1) is 0 Å². The molecule has 1 unspecified atom stereocenters. The van der Waals surface area contributed by atoms with Crippen LogP contribution in [0.15, 0.2) is 18.2 Å². The number of nitrogens with two attached hydrogens (primary N) is 1. The van der Waals surface area contributed by atoms with E-state index in [0.29, 0.717) is 11.3 Å². The maximum absolute atomic E-state index is 11.8. The average Bonchev–Trinajstić information content (AvgIpc) is 2.30. The standard InChI is InChI=1S/C12H16N2O3/c1-7-4-5-10(13)9(6-7)11(15)14-8(2)12(16)17-3/h4-6,8H,13H2,1-3H3,(H,14,15). The molecule has 0 aliphatic rings. The molecule has 0 saturated carbocycles. The molecule has 0 aliphatic heterocycles. The second kappa shape index (κ2) is 5.34. The second-order valence-corrected chi connectivity index (χ2v) is 3.81. The molecule has 92 valence electrons. The summed E-state index contributed by atoms with van der Waals surface area (Å²) in [6.07, 6.45) is 0. The van der Waals surface area contributed by atoms with E-state index in [9.17, 15) is 9.59 Å². The first-order valence-electron chi connectivity index (χ1n) is 5.20. The van der Waals surface area contributed by atoms with Crippen molar-refractivity contribution in [2.45, 2.75) is 19.9 Å². The smallest absolute Gasteiger partial charge is 0.328 e. The lowest BCUT2D eigenvalue weighted by Crippen LogP contribution is -2.39. The number of amides is 1. The molecule has 0 heterocycles. The fraction of sp³-hybridized carbons (Fsp3) is 0.333. The maximum Gasteiger partial charge on any atom is 0.328 e. The number of hydrogen-bond acceptors (Lipinski definition) is 4. The van der Waals surface area contributed by atoms with Crippen molar-refractivity contribution in [1.82, 2.24) is 5.32 Å². The summed E-state index contributed by atoms with van der Waals surface area (Å²) in [7, 11) is 1.27. The predicted octanol–water partition coefficient (Wildman–Crippen LogP) is 0.869. The Labute approximate surface area is 99.9 Å². The molecule has 1 rings (SSSR count). The van der Waals surface area contributed by atoms with Crippen LogP contribution in [0.4, 0.5) is 5.69 Å². The molecule has 0 saturated heterocycles. The Morgan fingerprint density at radius 2 is 2.06 bits per heavy atom. The molecule has 5 heteroatoms. The summed E-state index contributed by atoms with van der Waals surface area (Å²) in [6, 6.07) is 4.45. The fourth-order valence-corrected chi connectivity index (χ4v) is 1.38. The van der Waals surface area contributed by atoms with Gasteiger partial charge in [0.2, 0.25) is 0 Å². The van der Waals surface area contributed by atoms with Crippen LogP contribution in [0.2, 0.25) is 0 Å². The molecule has 1 aromatic carbocycles. The van der Waals surface area contributed by atoms with Gasteiger partial charge in [-0.3, -0.25) is 4.79 Å². The number of anilines is 1. The topological polar surface area (TPSA) is 81.4 Å². The van der Waals surface area contributed by atoms with Gasteiger partial charge in [-0.2, -0.15) is 0 Å². The Balaban J connectivity index is 2.83. The Morgan fingerprint density at radius 3 is 2.65 bits per heavy atom. The van der Waals surface area contributed by atoms with Crippen LogP contribution in [-0.2, 0) is 9.53 Å². The molecule has 1 amide bonds. The van der Waals surface area contributed by atoms with Gasteiger partial charge < -0.3 is 15.8 Å². The predicted molar refractivity (Wildman–Crippen MR) is 64.5 cm³/mol. The van der Waals surface area contributed by atoms with Gasteiger partial charge in [-0.25, -0.2) is 4.79 Å². The number of carbonyl (C=O) groups excluding carboxylic acids is 2. The Kier molecular flexibility index (Phi) is 4.09. The summed E-state index contributed by atoms with van der Waals surface area (Å²) in [4.78, 5) is 23.0. The molecule has 5 nitrogen and oxygen atoms in total. The van der Waals surface area contributed by atoms with Gasteiger partial charge in [-0.1, -0.05) is 11.6 Å². The minimum absolute atomic E-state index is 0.362. The maximum atomic E-state index is 11.8. The van der Waals surface area contributed by atoms with E-state index in [1.165, 1.54) is 7.11 Å². The molecular formula is C12H16N2O3. The third-order valence-electron chi connectivity index (χ3n) is 2.36. The Hall–Kier alpha value is -2.04. The minimum Gasteiger partial charge on any atom is -0.467 e. The summed E-state index contributed by atoms with van der Waals surface area (Å²) in [5, 5.41) is 2.52. The van der Waals surface area contributed by atoms with Gasteiger partial charge in [-0.05, 0) is 26.0 Å². The first-order chi connectivity index (χ1) is 7.95. The van der Waals surface area contributed by atoms with Gasteiger partial charge in [0.15, 0.2) is 0 Å². The normalized spacial score (nSPS) is 11.7. The van der Waals surface area contributed by atoms with Crippen molar-refractivity contribution in [2.24, 2.45) is 0 Å². The van der Waals surface area contributed by atoms with Crippen LogP contribution >= 0.6 is 0 Å². The van der Waals surface area contributed by atoms with Crippen LogP contribution in [0.3, 0.4) is 0 Å². The molecule has 3 N–H and O–H groups in total. The van der Waals surface area contributed by atoms with E-state index in [2.05, 4.69) is 10.1 Å². The van der Waals surface area contributed by atoms with Gasteiger partial charge in [0.25, 0.3) is 5.91 Å². The van der Waals surface area contributed by atoms with E-state index in [1.54, 1.807) is 19.1 Å². The molecule has 0 aliphatic carbocycles. The SMILES string of the molecule is COC(=O)C(C)NC(=O)c1cc(C)ccc1N. The van der Waals surface area contributed by atoms with Gasteiger partial charge in [0, 0.05) is 5.69 Å². The molecule has 0 spiro atoms. The van der Waals surface area contributed by atoms with Crippen molar-refractivity contribution >= 4 is 17.6 Å². The number of benzene rings is 1. The van der Waals surface area contributed by atoms with Crippen molar-refractivity contribution in [1.29, 1.82) is 0 Å². The highest BCUT2D eigenvalue weighted by Crippen LogP contribution is 2.13. The van der Waals surface area contributed by atoms with Crippen molar-refractivity contribution < 1.29 is 14.3 Å². The van der Waals surface area contributed by atoms with Crippen LogP contribution in [0, 0.1) is 6.92 Å². The number of rotatable bonds is 3. The zero-order valence-electron chi connectivity index (χ0n) is 10.1. The number of hydrogen-bond donors (Lipinski definition) is 2. The largest absolute Gasteiger partial charge is 0.467 e. The van der Waals surface area contributed by atoms with Gasteiger partial charge in [0.1, 0.15) is 6.04 Å². The van der Waals surface area contributed by atoms with E-state index in [-0.39, 0.29) is 5.91 Å². The summed E-state index contributed by atoms with van der Waals surface area (Å²) < 4.78 is 4.52. The Morgan fingerprint density at radius 1 is 1.41 bits per heavy atom. The minimum atomic E-state index is -0.701. The van der Waals surface area contributed by atoms with E-state index >= 15 is 0 Å². The first-order valence-corrected chi connectivity index (χ1v) is 5.20. The summed E-state index contributed by atoms with van der Waals surface area (Å²) in [6.45, 7) is 3.41. The number of nitrogens with one attached hydrogen (secondary N) is 1. The summed E-state index contributed by atoms with van der Waals surface area (Å²) in [5.74, 6) is -0.881. The van der Waals surface area contributed by atoms with Crippen LogP contribution in [0.25, 0.3) is 0 Å². The van der Waals surface area contributed by atoms with Crippen molar-refractivity contribution in [3.05, 3.63) is 29.3 Å². The third kappa shape index (κ3) is 3.21. The molecule has 0 aromatic heterocycles. The highest BCUT2D eigenvalue weighted by atomic mass is 16.5. The van der Waals surface area contributed by atoms with Gasteiger partial charge in [0.05, 0.1) is 12.7 Å². The number of aryl methyl sites for hydroxylation is 1. The third-order valence-corrected chi connectivity index (χ3v) is 2.36. The number of ether oxygens (including phenoxy) is 1. The highest BCUT2D eigenvalue weighted by molar-refractivity contribution is 6.01. The molecule has 0 fully saturated rings. The molecule has 1 aromatic rings. The molecule has 1 atom stereocenters. The van der Waals surface area contributed by atoms with E-state index in [4.69, 9.17) is 5.73 Å². The zero-order valence-corrected chi connectivity index (χ0v) is 10.1. The lowest BCUT2D eigenvalue weighted by molar-refractivity contribution is -0.142. The molecule has 0 radical (unpaired) electrons. The van der Waals surface area contributed by atoms with Crippen LogP contribution in [0.5, 0.6) is 0 Å². The summed E-state index contributed by atoms with van der Waals surface area (Å²) >= 11 is 0. The van der Waals surface area contributed by atoms with Crippen LogP contribution in [0.1, 0.15) is 22.8 Å². The Bertz CT molecular complexity index is 443. The van der Waals surface area contributed by atoms with Crippen molar-refractivity contribution in [3.8, 4) is 0 Å². The zero-order chi connectivity index (χ0) is 13.0. The molecular weight excluding hydrogens is 220 g/mol. The molecule has 17 heavy (non-hydrogen) atoms. The number of carbonyl (C=O) groups is 2. The molecule has 0 bridgehead atoms. The quantitative estimate of drug-likeness (QED) is 0.602. The van der Waals surface area contributed by atoms with E-state index < -0.39 is 12.0 Å². The van der Waals surface area contributed by atoms with Crippen LogP contribution in [-0.4, -0.2) is 25.0 Å². The number of nitrogen functional groups attached to an aromatic ring is 1. The highest BCUT2D eigenvalue weighted by Gasteiger charge is 2.18. The van der Waals surface area contributed by atoms with Crippen LogP contribution < -0.4 is 11.1 Å². The lowest BCUT2D eigenvalue weighted by Gasteiger charge is -2.12. The number of methoxy groups -OCH3 is 1.